The first-order chi connectivity index (χ1) is 6.52. The number of non-ortho nitro benzene ring substituents is 1. The maximum Gasteiger partial charge on any atom is 0.269 e. The van der Waals surface area contributed by atoms with Crippen molar-refractivity contribution < 1.29 is 9.72 Å². The molecule has 1 atom stereocenters. The van der Waals surface area contributed by atoms with Crippen LogP contribution in [0.15, 0.2) is 24.3 Å². The molecule has 74 valence electrons. The van der Waals surface area contributed by atoms with Crippen LogP contribution < -0.4 is 0 Å². The molecule has 1 rings (SSSR count). The highest BCUT2D eigenvalue weighted by Crippen LogP contribution is 2.14. The van der Waals surface area contributed by atoms with Crippen molar-refractivity contribution in [3.8, 4) is 0 Å². The predicted octanol–water partition coefficient (Wildman–Crippen LogP) is 2.40. The SMILES string of the molecule is CC(Cl)C(=O)c1ccc([N+](=O)[O-])cc1. The third-order valence-corrected chi connectivity index (χ3v) is 1.92. The molecule has 0 saturated heterocycles. The van der Waals surface area contributed by atoms with E-state index in [1.54, 1.807) is 6.92 Å². The average molecular weight is 214 g/mol. The van der Waals surface area contributed by atoms with E-state index in [9.17, 15) is 14.9 Å². The maximum atomic E-state index is 11.3. The molecule has 1 aromatic carbocycles. The van der Waals surface area contributed by atoms with E-state index in [0.29, 0.717) is 5.56 Å². The molecule has 0 fully saturated rings. The number of hydrogen-bond acceptors (Lipinski definition) is 3. The zero-order valence-electron chi connectivity index (χ0n) is 7.44. The minimum atomic E-state index is -0.614. The van der Waals surface area contributed by atoms with Gasteiger partial charge in [0, 0.05) is 17.7 Å². The van der Waals surface area contributed by atoms with Gasteiger partial charge in [0.1, 0.15) is 0 Å². The fourth-order valence-corrected chi connectivity index (χ4v) is 1.10. The molecular weight excluding hydrogens is 206 g/mol. The number of benzene rings is 1. The van der Waals surface area contributed by atoms with Crippen LogP contribution in [-0.2, 0) is 0 Å². The van der Waals surface area contributed by atoms with Crippen LogP contribution in [-0.4, -0.2) is 16.1 Å². The van der Waals surface area contributed by atoms with Gasteiger partial charge in [0.05, 0.1) is 10.3 Å². The Bertz CT molecular complexity index is 359. The zero-order chi connectivity index (χ0) is 10.7. The largest absolute Gasteiger partial charge is 0.293 e. The number of ketones is 1. The summed E-state index contributed by atoms with van der Waals surface area (Å²) >= 11 is 5.58. The first kappa shape index (κ1) is 10.7. The van der Waals surface area contributed by atoms with Crippen LogP contribution >= 0.6 is 11.6 Å². The lowest BCUT2D eigenvalue weighted by Gasteiger charge is -2.01. The minimum Gasteiger partial charge on any atom is -0.293 e. The monoisotopic (exact) mass is 213 g/mol. The van der Waals surface area contributed by atoms with Gasteiger partial charge in [0.15, 0.2) is 5.78 Å². The molecule has 0 aromatic heterocycles. The van der Waals surface area contributed by atoms with E-state index in [2.05, 4.69) is 0 Å². The van der Waals surface area contributed by atoms with Crippen molar-refractivity contribution in [3.05, 3.63) is 39.9 Å². The quantitative estimate of drug-likeness (QED) is 0.335. The van der Waals surface area contributed by atoms with Crippen molar-refractivity contribution in [2.75, 3.05) is 0 Å². The van der Waals surface area contributed by atoms with Crippen molar-refractivity contribution in [1.82, 2.24) is 0 Å². The molecule has 0 aliphatic heterocycles. The van der Waals surface area contributed by atoms with E-state index in [-0.39, 0.29) is 11.5 Å². The molecule has 0 N–H and O–H groups in total. The highest BCUT2D eigenvalue weighted by Gasteiger charge is 2.13. The van der Waals surface area contributed by atoms with Gasteiger partial charge in [-0.1, -0.05) is 0 Å². The molecule has 0 aliphatic carbocycles. The second-order valence-corrected chi connectivity index (χ2v) is 3.44. The van der Waals surface area contributed by atoms with Crippen molar-refractivity contribution in [1.29, 1.82) is 0 Å². The van der Waals surface area contributed by atoms with Gasteiger partial charge in [-0.15, -0.1) is 11.6 Å². The lowest BCUT2D eigenvalue weighted by Crippen LogP contribution is -2.10. The Morgan fingerprint density at radius 1 is 1.43 bits per heavy atom. The van der Waals surface area contributed by atoms with Gasteiger partial charge in [0.25, 0.3) is 5.69 Å². The van der Waals surface area contributed by atoms with Gasteiger partial charge in [-0.3, -0.25) is 14.9 Å². The summed E-state index contributed by atoms with van der Waals surface area (Å²) in [5, 5.41) is 9.70. The molecule has 0 amide bonds. The maximum absolute atomic E-state index is 11.3. The first-order valence-electron chi connectivity index (χ1n) is 3.95. The van der Waals surface area contributed by atoms with Crippen LogP contribution in [0.1, 0.15) is 17.3 Å². The zero-order valence-corrected chi connectivity index (χ0v) is 8.19. The van der Waals surface area contributed by atoms with Gasteiger partial charge in [-0.05, 0) is 19.1 Å². The second kappa shape index (κ2) is 4.19. The summed E-state index contributed by atoms with van der Waals surface area (Å²) in [6.07, 6.45) is 0. The average Bonchev–Trinajstić information content (AvgIpc) is 2.16. The number of nitro groups is 1. The third-order valence-electron chi connectivity index (χ3n) is 1.72. The summed E-state index contributed by atoms with van der Waals surface area (Å²) in [7, 11) is 0. The van der Waals surface area contributed by atoms with E-state index >= 15 is 0 Å². The number of hydrogen-bond donors (Lipinski definition) is 0. The molecule has 1 aromatic rings. The fourth-order valence-electron chi connectivity index (χ4n) is 0.977. The summed E-state index contributed by atoms with van der Waals surface area (Å²) in [5.41, 5.74) is 0.349. The van der Waals surface area contributed by atoms with Crippen LogP contribution in [0.5, 0.6) is 0 Å². The van der Waals surface area contributed by atoms with Crippen molar-refractivity contribution in [2.24, 2.45) is 0 Å². The Kier molecular flexibility index (Phi) is 3.19. The Hall–Kier alpha value is -1.42. The van der Waals surface area contributed by atoms with Gasteiger partial charge >= 0.3 is 0 Å². The topological polar surface area (TPSA) is 60.2 Å². The summed E-state index contributed by atoms with van der Waals surface area (Å²) in [4.78, 5) is 21.1. The molecular formula is C9H8ClNO3. The first-order valence-corrected chi connectivity index (χ1v) is 4.38. The molecule has 1 unspecified atom stereocenters. The second-order valence-electron chi connectivity index (χ2n) is 2.78. The van der Waals surface area contributed by atoms with Crippen LogP contribution in [0.2, 0.25) is 0 Å². The molecule has 0 radical (unpaired) electrons. The van der Waals surface area contributed by atoms with Crippen LogP contribution in [0, 0.1) is 10.1 Å². The summed E-state index contributed by atoms with van der Waals surface area (Å²) in [6.45, 7) is 1.56. The van der Waals surface area contributed by atoms with E-state index < -0.39 is 10.3 Å². The minimum absolute atomic E-state index is 0.0382. The van der Waals surface area contributed by atoms with Gasteiger partial charge in [-0.25, -0.2) is 0 Å². The molecule has 4 nitrogen and oxygen atoms in total. The van der Waals surface area contributed by atoms with Crippen molar-refractivity contribution in [3.63, 3.8) is 0 Å². The number of carbonyl (C=O) groups is 1. The molecule has 5 heteroatoms. The lowest BCUT2D eigenvalue weighted by molar-refractivity contribution is -0.384. The number of nitrogens with zero attached hydrogens (tertiary/aromatic N) is 1. The van der Waals surface area contributed by atoms with Crippen LogP contribution in [0.3, 0.4) is 0 Å². The number of rotatable bonds is 3. The normalized spacial score (nSPS) is 12.1. The molecule has 14 heavy (non-hydrogen) atoms. The van der Waals surface area contributed by atoms with Crippen molar-refractivity contribution in [2.45, 2.75) is 12.3 Å². The Morgan fingerprint density at radius 3 is 2.29 bits per heavy atom. The molecule has 0 heterocycles. The van der Waals surface area contributed by atoms with Crippen LogP contribution in [0.25, 0.3) is 0 Å². The number of Topliss-reactive ketones (excluding diaryl/α,β-unsaturated/α-hetero) is 1. The smallest absolute Gasteiger partial charge is 0.269 e. The van der Waals surface area contributed by atoms with Crippen molar-refractivity contribution >= 4 is 23.1 Å². The Morgan fingerprint density at radius 2 is 1.93 bits per heavy atom. The third kappa shape index (κ3) is 2.29. The molecule has 0 saturated carbocycles. The molecule has 0 spiro atoms. The number of halogens is 1. The van der Waals surface area contributed by atoms with E-state index in [0.717, 1.165) is 0 Å². The van der Waals surface area contributed by atoms with E-state index in [1.165, 1.54) is 24.3 Å². The number of nitro benzene ring substituents is 1. The summed E-state index contributed by atoms with van der Waals surface area (Å²) in [5.74, 6) is -0.235. The highest BCUT2D eigenvalue weighted by atomic mass is 35.5. The number of alkyl halides is 1. The van der Waals surface area contributed by atoms with E-state index in [1.807, 2.05) is 0 Å². The fraction of sp³-hybridized carbons (Fsp3) is 0.222. The van der Waals surface area contributed by atoms with Gasteiger partial charge in [0.2, 0.25) is 0 Å². The Labute approximate surface area is 85.6 Å². The standard InChI is InChI=1S/C9H8ClNO3/c1-6(10)9(12)7-2-4-8(5-3-7)11(13)14/h2-6H,1H3. The molecule has 0 bridgehead atoms. The predicted molar refractivity (Wildman–Crippen MR) is 52.7 cm³/mol. The molecule has 0 aliphatic rings. The Balaban J connectivity index is 2.94. The highest BCUT2D eigenvalue weighted by molar-refractivity contribution is 6.33. The lowest BCUT2D eigenvalue weighted by atomic mass is 10.1. The summed E-state index contributed by atoms with van der Waals surface area (Å²) in [6, 6.07) is 5.37. The van der Waals surface area contributed by atoms with E-state index in [4.69, 9.17) is 11.6 Å². The van der Waals surface area contributed by atoms with Gasteiger partial charge < -0.3 is 0 Å². The van der Waals surface area contributed by atoms with Gasteiger partial charge in [-0.2, -0.15) is 0 Å². The number of carbonyl (C=O) groups excluding carboxylic acids is 1. The van der Waals surface area contributed by atoms with Crippen LogP contribution in [0.4, 0.5) is 5.69 Å². The summed E-state index contributed by atoms with van der Waals surface area (Å²) < 4.78 is 0.